The van der Waals surface area contributed by atoms with Crippen molar-refractivity contribution in [3.8, 4) is 0 Å². The Morgan fingerprint density at radius 1 is 0.850 bits per heavy atom. The second-order valence-electron chi connectivity index (χ2n) is 7.07. The topological polar surface area (TPSA) is 79.3 Å². The van der Waals surface area contributed by atoms with Crippen LogP contribution in [0.2, 0.25) is 0 Å². The van der Waals surface area contributed by atoms with Gasteiger partial charge in [0.15, 0.2) is 0 Å². The van der Waals surface area contributed by atoms with Gasteiger partial charge in [-0.1, -0.05) is 13.3 Å². The van der Waals surface area contributed by atoms with Crippen molar-refractivity contribution >= 4 is 0 Å². The van der Waals surface area contributed by atoms with Crippen LogP contribution in [-0.4, -0.2) is 35.8 Å². The molecule has 0 saturated heterocycles. The number of nitrogens with one attached hydrogen (secondary N) is 2. The Kier molecular flexibility index (Phi) is 9.59. The number of unbranched alkanes of at least 4 members (excludes halogenated alkanes) is 1. The largest absolute Gasteiger partial charge is 0.312 e. The Hall–Kier alpha value is -0.200. The number of hydrogen-bond acceptors (Lipinski definition) is 5. The van der Waals surface area contributed by atoms with Crippen LogP contribution in [0.15, 0.2) is 0 Å². The van der Waals surface area contributed by atoms with Crippen LogP contribution in [0.4, 0.5) is 0 Å². The highest BCUT2D eigenvalue weighted by Crippen LogP contribution is 2.19. The fraction of sp³-hybridized carbons (Fsp3) is 1.00. The normalized spacial score (nSPS) is 13.2. The van der Waals surface area contributed by atoms with Crippen molar-refractivity contribution in [1.29, 1.82) is 0 Å². The molecule has 0 saturated carbocycles. The van der Waals surface area contributed by atoms with E-state index in [4.69, 9.17) is 11.7 Å². The highest BCUT2D eigenvalue weighted by molar-refractivity contribution is 4.85. The molecule has 0 spiro atoms. The van der Waals surface area contributed by atoms with Gasteiger partial charge >= 0.3 is 0 Å². The quantitative estimate of drug-likeness (QED) is 0.250. The zero-order valence-electron chi connectivity index (χ0n) is 14.3. The number of hydrogen-bond donors (Lipinski definition) is 4. The van der Waals surface area contributed by atoms with Crippen LogP contribution < -0.4 is 22.3 Å². The van der Waals surface area contributed by atoms with E-state index in [1.165, 1.54) is 18.0 Å². The van der Waals surface area contributed by atoms with Crippen LogP contribution in [0.5, 0.6) is 0 Å². The summed E-state index contributed by atoms with van der Waals surface area (Å²) in [4.78, 5) is 0. The van der Waals surface area contributed by atoms with E-state index in [2.05, 4.69) is 45.3 Å². The summed E-state index contributed by atoms with van der Waals surface area (Å²) < 4.78 is 0. The fourth-order valence-corrected chi connectivity index (χ4v) is 2.09. The summed E-state index contributed by atoms with van der Waals surface area (Å²) in [5.41, 5.74) is 0.358. The molecule has 0 amide bonds. The average molecular weight is 287 g/mol. The van der Waals surface area contributed by atoms with Crippen molar-refractivity contribution in [1.82, 2.24) is 15.8 Å². The van der Waals surface area contributed by atoms with Crippen LogP contribution in [0, 0.1) is 0 Å². The molecular formula is C15H37N5. The lowest BCUT2D eigenvalue weighted by molar-refractivity contribution is 0.261. The molecule has 0 rings (SSSR count). The molecule has 0 aliphatic carbocycles. The maximum atomic E-state index is 5.39. The summed E-state index contributed by atoms with van der Waals surface area (Å²) >= 11 is 0. The number of hydrazine groups is 2. The van der Waals surface area contributed by atoms with Crippen molar-refractivity contribution in [2.75, 3.05) is 19.6 Å². The Balaban J connectivity index is 3.88. The van der Waals surface area contributed by atoms with E-state index in [0.717, 1.165) is 32.4 Å². The first-order valence-electron chi connectivity index (χ1n) is 7.95. The lowest BCUT2D eigenvalue weighted by Crippen LogP contribution is -2.46. The molecule has 0 aromatic heterocycles. The third-order valence-corrected chi connectivity index (χ3v) is 3.71. The SMILES string of the molecule is CCCCNC(C)(C)CCC(C)(C)NCCCN(N)N. The monoisotopic (exact) mass is 287 g/mol. The molecule has 0 aromatic rings. The molecule has 0 aliphatic heterocycles. The van der Waals surface area contributed by atoms with Gasteiger partial charge < -0.3 is 10.6 Å². The number of nitrogens with zero attached hydrogens (tertiary/aromatic N) is 1. The van der Waals surface area contributed by atoms with Gasteiger partial charge in [0.1, 0.15) is 0 Å². The zero-order valence-corrected chi connectivity index (χ0v) is 14.3. The molecule has 0 radical (unpaired) electrons. The van der Waals surface area contributed by atoms with Crippen molar-refractivity contribution < 1.29 is 0 Å². The molecule has 20 heavy (non-hydrogen) atoms. The molecule has 0 aromatic carbocycles. The fourth-order valence-electron chi connectivity index (χ4n) is 2.09. The molecular weight excluding hydrogens is 250 g/mol. The zero-order chi connectivity index (χ0) is 15.6. The summed E-state index contributed by atoms with van der Waals surface area (Å²) in [6.07, 6.45) is 5.77. The van der Waals surface area contributed by atoms with Gasteiger partial charge in [-0.3, -0.25) is 11.7 Å². The summed E-state index contributed by atoms with van der Waals surface area (Å²) in [5.74, 6) is 10.8. The minimum atomic E-state index is 0.151. The Morgan fingerprint density at radius 2 is 1.30 bits per heavy atom. The van der Waals surface area contributed by atoms with Crippen LogP contribution in [-0.2, 0) is 0 Å². The second kappa shape index (κ2) is 9.68. The number of nitrogens with two attached hydrogens (primary N) is 2. The van der Waals surface area contributed by atoms with E-state index < -0.39 is 0 Å². The molecule has 122 valence electrons. The first kappa shape index (κ1) is 19.8. The molecule has 5 heteroatoms. The highest BCUT2D eigenvalue weighted by Gasteiger charge is 2.23. The summed E-state index contributed by atoms with van der Waals surface area (Å²) in [7, 11) is 0. The predicted molar refractivity (Wildman–Crippen MR) is 88.0 cm³/mol. The molecule has 5 nitrogen and oxygen atoms in total. The minimum Gasteiger partial charge on any atom is -0.312 e. The van der Waals surface area contributed by atoms with Gasteiger partial charge in [0.25, 0.3) is 0 Å². The minimum absolute atomic E-state index is 0.151. The van der Waals surface area contributed by atoms with E-state index >= 15 is 0 Å². The molecule has 0 heterocycles. The first-order chi connectivity index (χ1) is 9.18. The van der Waals surface area contributed by atoms with E-state index in [1.807, 2.05) is 0 Å². The van der Waals surface area contributed by atoms with E-state index in [0.29, 0.717) is 6.54 Å². The Labute approximate surface area is 125 Å². The summed E-state index contributed by atoms with van der Waals surface area (Å²) in [6.45, 7) is 14.1. The van der Waals surface area contributed by atoms with Crippen molar-refractivity contribution in [3.63, 3.8) is 0 Å². The van der Waals surface area contributed by atoms with Gasteiger partial charge in [0.05, 0.1) is 0 Å². The van der Waals surface area contributed by atoms with E-state index in [1.54, 1.807) is 0 Å². The maximum Gasteiger partial charge on any atom is 0.0295 e. The highest BCUT2D eigenvalue weighted by atomic mass is 15.6. The average Bonchev–Trinajstić information content (AvgIpc) is 2.33. The summed E-state index contributed by atoms with van der Waals surface area (Å²) in [6, 6.07) is 0. The third kappa shape index (κ3) is 11.6. The first-order valence-corrected chi connectivity index (χ1v) is 7.95. The van der Waals surface area contributed by atoms with Gasteiger partial charge in [0.2, 0.25) is 0 Å². The van der Waals surface area contributed by atoms with Crippen molar-refractivity contribution in [3.05, 3.63) is 0 Å². The van der Waals surface area contributed by atoms with Crippen molar-refractivity contribution in [2.24, 2.45) is 11.7 Å². The van der Waals surface area contributed by atoms with Gasteiger partial charge in [-0.15, -0.1) is 0 Å². The maximum absolute atomic E-state index is 5.39. The number of rotatable bonds is 12. The van der Waals surface area contributed by atoms with Crippen molar-refractivity contribution in [2.45, 2.75) is 77.8 Å². The second-order valence-corrected chi connectivity index (χ2v) is 7.07. The smallest absolute Gasteiger partial charge is 0.0295 e. The third-order valence-electron chi connectivity index (χ3n) is 3.71. The predicted octanol–water partition coefficient (Wildman–Crippen LogP) is 1.74. The van der Waals surface area contributed by atoms with Crippen LogP contribution in [0.25, 0.3) is 0 Å². The molecule has 0 atom stereocenters. The van der Waals surface area contributed by atoms with Gasteiger partial charge in [-0.2, -0.15) is 5.12 Å². The van der Waals surface area contributed by atoms with Crippen LogP contribution >= 0.6 is 0 Å². The molecule has 0 fully saturated rings. The van der Waals surface area contributed by atoms with Gasteiger partial charge in [0, 0.05) is 17.6 Å². The molecule has 6 N–H and O–H groups in total. The summed E-state index contributed by atoms with van der Waals surface area (Å²) in [5, 5.41) is 8.48. The molecule has 0 unspecified atom stereocenters. The van der Waals surface area contributed by atoms with Crippen LogP contribution in [0.3, 0.4) is 0 Å². The molecule has 0 aliphatic rings. The van der Waals surface area contributed by atoms with E-state index in [9.17, 15) is 0 Å². The van der Waals surface area contributed by atoms with Gasteiger partial charge in [-0.25, -0.2) is 0 Å². The standard InChI is InChI=1S/C15H37N5/c1-6-7-11-18-14(2,3)9-10-15(4,5)19-12-8-13-20(16)17/h18-19H,6-13,16-17H2,1-5H3. The Morgan fingerprint density at radius 3 is 1.70 bits per heavy atom. The lowest BCUT2D eigenvalue weighted by atomic mass is 9.89. The lowest BCUT2D eigenvalue weighted by Gasteiger charge is -2.33. The van der Waals surface area contributed by atoms with Gasteiger partial charge in [-0.05, 0) is 66.5 Å². The molecule has 0 bridgehead atoms. The van der Waals surface area contributed by atoms with E-state index in [-0.39, 0.29) is 11.1 Å². The van der Waals surface area contributed by atoms with Crippen LogP contribution in [0.1, 0.15) is 66.7 Å². The Bertz CT molecular complexity index is 238.